The fourth-order valence-electron chi connectivity index (χ4n) is 5.31. The van der Waals surface area contributed by atoms with E-state index in [1.54, 1.807) is 18.2 Å². The van der Waals surface area contributed by atoms with Crippen molar-refractivity contribution in [1.29, 1.82) is 0 Å². The van der Waals surface area contributed by atoms with Crippen LogP contribution in [0.3, 0.4) is 0 Å². The lowest BCUT2D eigenvalue weighted by atomic mass is 9.76. The smallest absolute Gasteiger partial charge is 0.227 e. The lowest BCUT2D eigenvalue weighted by Crippen LogP contribution is -2.20. The SMILES string of the molecule is CCC(C)(C)c1cc(C(C)(C)CC)c2oc(-c3ccc(C#Cc4ccc(-c5nc6cc(NC(C)=O)ccc6o5)cc4)cc3)nc2c1. The molecule has 0 bridgehead atoms. The Hall–Kier alpha value is -5.15. The third kappa shape index (κ3) is 6.19. The Bertz CT molecular complexity index is 2120. The van der Waals surface area contributed by atoms with E-state index < -0.39 is 0 Å². The van der Waals surface area contributed by atoms with Gasteiger partial charge in [0.15, 0.2) is 11.2 Å². The number of benzene rings is 4. The molecule has 0 aliphatic heterocycles. The molecule has 6 heteroatoms. The normalized spacial score (nSPS) is 11.9. The average molecular weight is 610 g/mol. The summed E-state index contributed by atoms with van der Waals surface area (Å²) in [6.45, 7) is 15.1. The number of fused-ring (bicyclic) bond motifs is 2. The summed E-state index contributed by atoms with van der Waals surface area (Å²) in [5.74, 6) is 7.51. The fourth-order valence-corrected chi connectivity index (χ4v) is 5.31. The molecule has 2 aromatic heterocycles. The second kappa shape index (κ2) is 12.0. The van der Waals surface area contributed by atoms with Crippen molar-refractivity contribution in [3.8, 4) is 34.7 Å². The van der Waals surface area contributed by atoms with E-state index in [0.717, 1.165) is 46.2 Å². The van der Waals surface area contributed by atoms with E-state index in [1.165, 1.54) is 18.1 Å². The van der Waals surface area contributed by atoms with E-state index in [1.807, 2.05) is 48.5 Å². The van der Waals surface area contributed by atoms with E-state index in [9.17, 15) is 4.79 Å². The number of oxazole rings is 2. The number of anilines is 1. The molecule has 0 aliphatic carbocycles. The van der Waals surface area contributed by atoms with Gasteiger partial charge in [0.1, 0.15) is 11.0 Å². The standard InChI is InChI=1S/C40H39N3O3/c1-8-39(4,5)30-22-32(40(6,7)9-2)36-34(23-30)43-38(46-36)29-18-14-27(15-19-29)11-10-26-12-16-28(17-13-26)37-42-33-24-31(41-25(3)44)20-21-35(33)45-37/h12-24H,8-9H2,1-7H3,(H,41,44). The van der Waals surface area contributed by atoms with Gasteiger partial charge in [0, 0.05) is 40.4 Å². The molecule has 0 atom stereocenters. The van der Waals surface area contributed by atoms with Crippen LogP contribution in [0, 0.1) is 11.8 Å². The van der Waals surface area contributed by atoms with Gasteiger partial charge in [-0.1, -0.05) is 59.4 Å². The van der Waals surface area contributed by atoms with Crippen molar-refractivity contribution in [2.24, 2.45) is 0 Å². The first-order valence-corrected chi connectivity index (χ1v) is 15.8. The first-order valence-electron chi connectivity index (χ1n) is 15.8. The van der Waals surface area contributed by atoms with Gasteiger partial charge in [-0.25, -0.2) is 9.97 Å². The Balaban J connectivity index is 1.22. The Labute approximate surface area is 270 Å². The minimum atomic E-state index is -0.130. The first kappa shape index (κ1) is 30.9. The van der Waals surface area contributed by atoms with Crippen LogP contribution in [0.15, 0.2) is 87.7 Å². The summed E-state index contributed by atoms with van der Waals surface area (Å²) in [4.78, 5) is 20.9. The summed E-state index contributed by atoms with van der Waals surface area (Å²) < 4.78 is 12.4. The maximum absolute atomic E-state index is 11.4. The molecule has 0 radical (unpaired) electrons. The molecule has 2 heterocycles. The van der Waals surface area contributed by atoms with Gasteiger partial charge in [-0.3, -0.25) is 4.79 Å². The zero-order chi connectivity index (χ0) is 32.6. The quantitative estimate of drug-likeness (QED) is 0.182. The summed E-state index contributed by atoms with van der Waals surface area (Å²) in [6, 6.07) is 25.8. The van der Waals surface area contributed by atoms with Gasteiger partial charge in [0.05, 0.1) is 0 Å². The number of hydrogen-bond donors (Lipinski definition) is 1. The molecule has 6 nitrogen and oxygen atoms in total. The molecule has 0 aliphatic rings. The van der Waals surface area contributed by atoms with Gasteiger partial charge < -0.3 is 14.2 Å². The molecule has 4 aromatic carbocycles. The first-order chi connectivity index (χ1) is 22.0. The lowest BCUT2D eigenvalue weighted by Gasteiger charge is -2.28. The minimum absolute atomic E-state index is 0.0339. The van der Waals surface area contributed by atoms with Crippen LogP contribution in [-0.2, 0) is 15.6 Å². The molecular formula is C40H39N3O3. The Morgan fingerprint density at radius 3 is 1.85 bits per heavy atom. The Kier molecular flexibility index (Phi) is 8.04. The number of nitrogens with one attached hydrogen (secondary N) is 1. The van der Waals surface area contributed by atoms with Crippen LogP contribution in [0.1, 0.15) is 83.6 Å². The zero-order valence-corrected chi connectivity index (χ0v) is 27.5. The van der Waals surface area contributed by atoms with Crippen LogP contribution >= 0.6 is 0 Å². The van der Waals surface area contributed by atoms with Crippen molar-refractivity contribution in [2.75, 3.05) is 5.32 Å². The zero-order valence-electron chi connectivity index (χ0n) is 27.5. The highest BCUT2D eigenvalue weighted by molar-refractivity contribution is 5.91. The molecule has 1 N–H and O–H groups in total. The highest BCUT2D eigenvalue weighted by Crippen LogP contribution is 2.39. The van der Waals surface area contributed by atoms with Crippen molar-refractivity contribution in [3.63, 3.8) is 0 Å². The molecule has 232 valence electrons. The van der Waals surface area contributed by atoms with Crippen LogP contribution < -0.4 is 5.32 Å². The van der Waals surface area contributed by atoms with Gasteiger partial charge in [-0.05, 0) is 102 Å². The lowest BCUT2D eigenvalue weighted by molar-refractivity contribution is -0.114. The van der Waals surface area contributed by atoms with Gasteiger partial charge in [0.25, 0.3) is 0 Å². The predicted octanol–water partition coefficient (Wildman–Crippen LogP) is 10.0. The molecule has 0 fully saturated rings. The number of aromatic nitrogens is 2. The van der Waals surface area contributed by atoms with Crippen molar-refractivity contribution in [3.05, 3.63) is 101 Å². The Morgan fingerprint density at radius 1 is 0.717 bits per heavy atom. The van der Waals surface area contributed by atoms with Crippen LogP contribution in [0.25, 0.3) is 45.1 Å². The molecule has 46 heavy (non-hydrogen) atoms. The van der Waals surface area contributed by atoms with Crippen LogP contribution in [0.2, 0.25) is 0 Å². The summed E-state index contributed by atoms with van der Waals surface area (Å²) in [5.41, 5.74) is 9.88. The monoisotopic (exact) mass is 609 g/mol. The van der Waals surface area contributed by atoms with Crippen LogP contribution in [0.4, 0.5) is 5.69 Å². The third-order valence-electron chi connectivity index (χ3n) is 9.09. The van der Waals surface area contributed by atoms with E-state index in [0.29, 0.717) is 28.6 Å². The van der Waals surface area contributed by atoms with Gasteiger partial charge in [-0.2, -0.15) is 0 Å². The number of carbonyl (C=O) groups is 1. The summed E-state index contributed by atoms with van der Waals surface area (Å²) in [6.07, 6.45) is 2.05. The molecular weight excluding hydrogens is 570 g/mol. The second-order valence-electron chi connectivity index (χ2n) is 13.2. The average Bonchev–Trinajstić information content (AvgIpc) is 3.68. The van der Waals surface area contributed by atoms with Gasteiger partial charge in [-0.15, -0.1) is 0 Å². The van der Waals surface area contributed by atoms with E-state index >= 15 is 0 Å². The fraction of sp³-hybridized carbons (Fsp3) is 0.275. The molecule has 6 rings (SSSR count). The number of rotatable bonds is 7. The topological polar surface area (TPSA) is 81.2 Å². The third-order valence-corrected chi connectivity index (χ3v) is 9.09. The van der Waals surface area contributed by atoms with Gasteiger partial charge >= 0.3 is 0 Å². The summed E-state index contributed by atoms with van der Waals surface area (Å²) in [7, 11) is 0. The molecule has 0 spiro atoms. The van der Waals surface area contributed by atoms with Crippen molar-refractivity contribution >= 4 is 33.8 Å². The number of amides is 1. The highest BCUT2D eigenvalue weighted by Gasteiger charge is 2.28. The van der Waals surface area contributed by atoms with Crippen molar-refractivity contribution in [2.45, 2.75) is 72.1 Å². The predicted molar refractivity (Wildman–Crippen MR) is 186 cm³/mol. The molecule has 0 saturated carbocycles. The second-order valence-corrected chi connectivity index (χ2v) is 13.2. The molecule has 0 saturated heterocycles. The van der Waals surface area contributed by atoms with Crippen LogP contribution in [0.5, 0.6) is 0 Å². The Morgan fingerprint density at radius 2 is 1.28 bits per heavy atom. The van der Waals surface area contributed by atoms with E-state index in [4.69, 9.17) is 13.8 Å². The molecule has 0 unspecified atom stereocenters. The van der Waals surface area contributed by atoms with E-state index in [-0.39, 0.29) is 16.7 Å². The minimum Gasteiger partial charge on any atom is -0.436 e. The number of hydrogen-bond acceptors (Lipinski definition) is 5. The largest absolute Gasteiger partial charge is 0.436 e. The van der Waals surface area contributed by atoms with Crippen molar-refractivity contribution in [1.82, 2.24) is 9.97 Å². The molecule has 1 amide bonds. The van der Waals surface area contributed by atoms with E-state index in [2.05, 4.69) is 75.8 Å². The number of carbonyl (C=O) groups excluding carboxylic acids is 1. The summed E-state index contributed by atoms with van der Waals surface area (Å²) in [5, 5.41) is 2.77. The molecule has 6 aromatic rings. The van der Waals surface area contributed by atoms with Crippen LogP contribution in [-0.4, -0.2) is 15.9 Å². The maximum atomic E-state index is 11.4. The summed E-state index contributed by atoms with van der Waals surface area (Å²) >= 11 is 0. The highest BCUT2D eigenvalue weighted by atomic mass is 16.4. The number of nitrogens with zero attached hydrogens (tertiary/aromatic N) is 2. The van der Waals surface area contributed by atoms with Crippen molar-refractivity contribution < 1.29 is 13.6 Å². The van der Waals surface area contributed by atoms with Gasteiger partial charge in [0.2, 0.25) is 17.7 Å². The maximum Gasteiger partial charge on any atom is 0.227 e.